The zero-order valence-electron chi connectivity index (χ0n) is 20.4. The Morgan fingerprint density at radius 1 is 0.649 bits per heavy atom. The summed E-state index contributed by atoms with van der Waals surface area (Å²) in [4.78, 5) is 27.3. The fourth-order valence-electron chi connectivity index (χ4n) is 3.54. The van der Waals surface area contributed by atoms with Gasteiger partial charge in [-0.1, -0.05) is 60.7 Å². The molecule has 0 saturated carbocycles. The molecule has 0 amide bonds. The van der Waals surface area contributed by atoms with Crippen molar-refractivity contribution in [1.82, 2.24) is 9.80 Å². The van der Waals surface area contributed by atoms with Crippen molar-refractivity contribution >= 4 is 22.7 Å². The van der Waals surface area contributed by atoms with Crippen molar-refractivity contribution in [3.63, 3.8) is 0 Å². The minimum atomic E-state index is -5.05. The lowest BCUT2D eigenvalue weighted by Gasteiger charge is -2.24. The lowest BCUT2D eigenvalue weighted by Crippen LogP contribution is -2.29. The molecular weight excluding hydrogens is 498 g/mol. The van der Waals surface area contributed by atoms with Gasteiger partial charge in [-0.2, -0.15) is 26.3 Å². The molecule has 0 N–H and O–H groups in total. The van der Waals surface area contributed by atoms with Gasteiger partial charge in [-0.05, 0) is 31.4 Å². The minimum Gasteiger partial charge on any atom is -0.377 e. The smallest absolute Gasteiger partial charge is 0.377 e. The number of allylic oxidation sites excluding steroid dienone is 2. The summed E-state index contributed by atoms with van der Waals surface area (Å²) in [6.45, 7) is 4.48. The molecule has 4 nitrogen and oxygen atoms in total. The van der Waals surface area contributed by atoms with Crippen LogP contribution >= 0.6 is 0 Å². The van der Waals surface area contributed by atoms with Gasteiger partial charge in [-0.25, -0.2) is 0 Å². The van der Waals surface area contributed by atoms with Gasteiger partial charge in [0.2, 0.25) is 0 Å². The third kappa shape index (κ3) is 8.80. The Morgan fingerprint density at radius 2 is 0.973 bits per heavy atom. The number of Topliss-reactive ketones (excluding diaryl/α,β-unsaturated/α-hetero) is 2. The Morgan fingerprint density at radius 3 is 1.24 bits per heavy atom. The van der Waals surface area contributed by atoms with Crippen LogP contribution < -0.4 is 0 Å². The summed E-state index contributed by atoms with van der Waals surface area (Å²) in [7, 11) is 0. The molecule has 0 unspecified atom stereocenters. The van der Waals surface area contributed by atoms with Crippen LogP contribution in [0.5, 0.6) is 0 Å². The molecule has 200 valence electrons. The van der Waals surface area contributed by atoms with Crippen LogP contribution in [0.3, 0.4) is 0 Å². The van der Waals surface area contributed by atoms with E-state index >= 15 is 0 Å². The Hall–Kier alpha value is -3.56. The maximum atomic E-state index is 13.2. The van der Waals surface area contributed by atoms with Gasteiger partial charge in [0.25, 0.3) is 11.6 Å². The van der Waals surface area contributed by atoms with E-state index in [1.807, 2.05) is 0 Å². The number of nitrogens with zero attached hydrogens (tertiary/aromatic N) is 2. The molecule has 0 aromatic heterocycles. The summed E-state index contributed by atoms with van der Waals surface area (Å²) in [5.41, 5.74) is -0.743. The summed E-state index contributed by atoms with van der Waals surface area (Å²) in [5.74, 6) is -3.93. The highest BCUT2D eigenvalue weighted by molar-refractivity contribution is 6.23. The van der Waals surface area contributed by atoms with Gasteiger partial charge in [0.15, 0.2) is 0 Å². The molecule has 37 heavy (non-hydrogen) atoms. The molecule has 0 bridgehead atoms. The minimum absolute atomic E-state index is 0.125. The summed E-state index contributed by atoms with van der Waals surface area (Å²) in [5, 5.41) is 0. The van der Waals surface area contributed by atoms with Crippen LogP contribution in [0.4, 0.5) is 26.3 Å². The van der Waals surface area contributed by atoms with Gasteiger partial charge in [-0.3, -0.25) is 9.59 Å². The maximum Gasteiger partial charge on any atom is 0.454 e. The Balaban J connectivity index is 2.24. The standard InChI is InChI=1S/C27H28F6N2O2/c1-3-34(18-22(24(36)26(28,29)30)20-12-7-5-8-13-20)16-11-17-35(4-2)19-23(25(37)27(31,32)33)21-14-9-6-10-15-21/h5-10,12-15,18-19H,3-4,11,16-17H2,1-2H3/b22-18+,23-19+. The number of carbonyl (C=O) groups is 2. The fraction of sp³-hybridized carbons (Fsp3) is 0.333. The number of hydrogen-bond acceptors (Lipinski definition) is 4. The van der Waals surface area contributed by atoms with Crippen molar-refractivity contribution in [3.05, 3.63) is 84.2 Å². The van der Waals surface area contributed by atoms with E-state index in [-0.39, 0.29) is 24.2 Å². The summed E-state index contributed by atoms with van der Waals surface area (Å²) in [6.07, 6.45) is -7.42. The first-order valence-electron chi connectivity index (χ1n) is 11.6. The van der Waals surface area contributed by atoms with Gasteiger partial charge in [-0.15, -0.1) is 0 Å². The lowest BCUT2D eigenvalue weighted by atomic mass is 10.0. The Labute approximate surface area is 211 Å². The second-order valence-electron chi connectivity index (χ2n) is 8.08. The van der Waals surface area contributed by atoms with Crippen molar-refractivity contribution in [1.29, 1.82) is 0 Å². The largest absolute Gasteiger partial charge is 0.454 e. The highest BCUT2D eigenvalue weighted by Gasteiger charge is 2.42. The molecule has 10 heteroatoms. The number of alkyl halides is 6. The molecule has 0 aliphatic heterocycles. The van der Waals surface area contributed by atoms with Crippen LogP contribution in [0, 0.1) is 0 Å². The molecule has 2 rings (SSSR count). The molecule has 2 aromatic rings. The monoisotopic (exact) mass is 526 g/mol. The van der Waals surface area contributed by atoms with E-state index < -0.39 is 35.1 Å². The highest BCUT2D eigenvalue weighted by Crippen LogP contribution is 2.28. The van der Waals surface area contributed by atoms with Crippen LogP contribution in [-0.2, 0) is 9.59 Å². The average Bonchev–Trinajstić information content (AvgIpc) is 2.87. The molecule has 0 heterocycles. The lowest BCUT2D eigenvalue weighted by molar-refractivity contribution is -0.164. The van der Waals surface area contributed by atoms with Crippen LogP contribution in [0.15, 0.2) is 73.1 Å². The van der Waals surface area contributed by atoms with Gasteiger partial charge in [0.05, 0.1) is 11.1 Å². The van der Waals surface area contributed by atoms with Crippen molar-refractivity contribution in [2.45, 2.75) is 32.6 Å². The second-order valence-corrected chi connectivity index (χ2v) is 8.08. The zero-order chi connectivity index (χ0) is 27.6. The van der Waals surface area contributed by atoms with Crippen LogP contribution in [0.25, 0.3) is 11.1 Å². The van der Waals surface area contributed by atoms with Gasteiger partial charge in [0, 0.05) is 38.6 Å². The number of halogens is 6. The highest BCUT2D eigenvalue weighted by atomic mass is 19.4. The van der Waals surface area contributed by atoms with E-state index in [1.165, 1.54) is 60.9 Å². The third-order valence-corrected chi connectivity index (χ3v) is 5.50. The van der Waals surface area contributed by atoms with E-state index in [4.69, 9.17) is 0 Å². The fourth-order valence-corrected chi connectivity index (χ4v) is 3.54. The normalized spacial score (nSPS) is 12.9. The maximum absolute atomic E-state index is 13.2. The number of ketones is 2. The number of hydrogen-bond donors (Lipinski definition) is 0. The Kier molecular flexibility index (Phi) is 10.5. The number of rotatable bonds is 12. The van der Waals surface area contributed by atoms with Gasteiger partial charge in [0.1, 0.15) is 0 Å². The molecule has 0 spiro atoms. The zero-order valence-corrected chi connectivity index (χ0v) is 20.4. The van der Waals surface area contributed by atoms with Crippen molar-refractivity contribution in [3.8, 4) is 0 Å². The second kappa shape index (κ2) is 13.1. The predicted molar refractivity (Wildman–Crippen MR) is 130 cm³/mol. The number of carbonyl (C=O) groups excluding carboxylic acids is 2. The third-order valence-electron chi connectivity index (χ3n) is 5.50. The van der Waals surface area contributed by atoms with E-state index in [0.717, 1.165) is 0 Å². The average molecular weight is 527 g/mol. The predicted octanol–water partition coefficient (Wildman–Crippen LogP) is 6.37. The first-order valence-corrected chi connectivity index (χ1v) is 11.6. The molecule has 0 aliphatic carbocycles. The first kappa shape index (κ1) is 29.7. The van der Waals surface area contributed by atoms with Crippen molar-refractivity contribution < 1.29 is 35.9 Å². The van der Waals surface area contributed by atoms with Crippen molar-refractivity contribution in [2.75, 3.05) is 26.2 Å². The molecular formula is C27H28F6N2O2. The van der Waals surface area contributed by atoms with Gasteiger partial charge >= 0.3 is 12.4 Å². The summed E-state index contributed by atoms with van der Waals surface area (Å²) >= 11 is 0. The number of benzene rings is 2. The molecule has 2 aromatic carbocycles. The molecule has 0 fully saturated rings. The summed E-state index contributed by atoms with van der Waals surface area (Å²) < 4.78 is 79.3. The topological polar surface area (TPSA) is 40.6 Å². The molecule has 0 aliphatic rings. The quantitative estimate of drug-likeness (QED) is 0.238. The molecule has 0 atom stereocenters. The SMILES string of the molecule is CCN(/C=C(/C(=O)C(F)(F)F)c1ccccc1)CCCN(/C=C(/C(=O)C(F)(F)F)c1ccccc1)CC. The summed E-state index contributed by atoms with van der Waals surface area (Å²) in [6, 6.07) is 15.0. The van der Waals surface area contributed by atoms with Crippen molar-refractivity contribution in [2.24, 2.45) is 0 Å². The molecule has 0 radical (unpaired) electrons. The van der Waals surface area contributed by atoms with Crippen LogP contribution in [-0.4, -0.2) is 59.9 Å². The first-order chi connectivity index (χ1) is 17.4. The van der Waals surface area contributed by atoms with Gasteiger partial charge < -0.3 is 9.80 Å². The van der Waals surface area contributed by atoms with E-state index in [1.54, 1.807) is 35.8 Å². The van der Waals surface area contributed by atoms with E-state index in [2.05, 4.69) is 0 Å². The Bertz CT molecular complexity index is 1010. The van der Waals surface area contributed by atoms with Crippen LogP contribution in [0.2, 0.25) is 0 Å². The van der Waals surface area contributed by atoms with E-state index in [9.17, 15) is 35.9 Å². The van der Waals surface area contributed by atoms with E-state index in [0.29, 0.717) is 19.5 Å². The molecule has 0 saturated heterocycles. The van der Waals surface area contributed by atoms with Crippen LogP contribution in [0.1, 0.15) is 31.4 Å².